The molecule has 3 rings (SSSR count). The summed E-state index contributed by atoms with van der Waals surface area (Å²) in [6.45, 7) is 0. The predicted molar refractivity (Wildman–Crippen MR) is 80.9 cm³/mol. The molecule has 0 bridgehead atoms. The minimum Gasteiger partial charge on any atom is -0.478 e. The van der Waals surface area contributed by atoms with Crippen LogP contribution in [0.1, 0.15) is 11.1 Å². The maximum absolute atomic E-state index is 11.5. The largest absolute Gasteiger partial charge is 0.478 e. The van der Waals surface area contributed by atoms with Crippen LogP contribution in [0.4, 0.5) is 0 Å². The first kappa shape index (κ1) is 12.9. The number of carboxylic acids is 1. The van der Waals surface area contributed by atoms with Crippen molar-refractivity contribution >= 4 is 28.7 Å². The number of pyridine rings is 1. The van der Waals surface area contributed by atoms with Crippen molar-refractivity contribution in [3.05, 3.63) is 70.1 Å². The third-order valence-corrected chi connectivity index (χ3v) is 3.22. The van der Waals surface area contributed by atoms with Gasteiger partial charge < -0.3 is 15.1 Å². The Kier molecular flexibility index (Phi) is 3.16. The number of aliphatic carboxylic acids is 1. The van der Waals surface area contributed by atoms with Gasteiger partial charge in [-0.3, -0.25) is 4.79 Å². The number of aromatic amines is 2. The van der Waals surface area contributed by atoms with Crippen LogP contribution in [0.5, 0.6) is 0 Å². The van der Waals surface area contributed by atoms with E-state index in [1.807, 2.05) is 6.07 Å². The molecule has 0 saturated carbocycles. The average molecular weight is 280 g/mol. The van der Waals surface area contributed by atoms with E-state index >= 15 is 0 Å². The molecule has 0 spiro atoms. The number of carboxylic acid groups (broad SMARTS) is 1. The molecule has 104 valence electrons. The molecule has 0 unspecified atom stereocenters. The van der Waals surface area contributed by atoms with Crippen LogP contribution in [-0.4, -0.2) is 21.0 Å². The lowest BCUT2D eigenvalue weighted by Crippen LogP contribution is -2.02. The van der Waals surface area contributed by atoms with Crippen LogP contribution >= 0.6 is 0 Å². The Bertz CT molecular complexity index is 889. The summed E-state index contributed by atoms with van der Waals surface area (Å²) < 4.78 is 0. The highest BCUT2D eigenvalue weighted by molar-refractivity contribution is 6.21. The summed E-state index contributed by atoms with van der Waals surface area (Å²) in [5.41, 5.74) is 1.90. The lowest BCUT2D eigenvalue weighted by Gasteiger charge is -2.02. The van der Waals surface area contributed by atoms with Crippen LogP contribution in [0.2, 0.25) is 0 Å². The first-order valence-electron chi connectivity index (χ1n) is 6.36. The summed E-state index contributed by atoms with van der Waals surface area (Å²) in [5, 5.41) is 10.2. The summed E-state index contributed by atoms with van der Waals surface area (Å²) >= 11 is 0. The first-order valence-corrected chi connectivity index (χ1v) is 6.36. The van der Waals surface area contributed by atoms with E-state index < -0.39 is 5.97 Å². The Morgan fingerprint density at radius 2 is 1.86 bits per heavy atom. The number of fused-ring (bicyclic) bond motifs is 1. The van der Waals surface area contributed by atoms with Gasteiger partial charge in [0.15, 0.2) is 0 Å². The monoisotopic (exact) mass is 280 g/mol. The van der Waals surface area contributed by atoms with Crippen LogP contribution in [0.3, 0.4) is 0 Å². The summed E-state index contributed by atoms with van der Waals surface area (Å²) in [7, 11) is 0. The van der Waals surface area contributed by atoms with E-state index in [0.717, 1.165) is 5.39 Å². The van der Waals surface area contributed by atoms with E-state index in [-0.39, 0.29) is 11.1 Å². The smallest absolute Gasteiger partial charge is 0.336 e. The molecule has 0 radical (unpaired) electrons. The van der Waals surface area contributed by atoms with Crippen molar-refractivity contribution in [1.82, 2.24) is 9.97 Å². The molecule has 3 N–H and O–H groups in total. The van der Waals surface area contributed by atoms with E-state index in [1.165, 1.54) is 6.07 Å². The van der Waals surface area contributed by atoms with Crippen molar-refractivity contribution < 1.29 is 9.90 Å². The number of hydrogen-bond donors (Lipinski definition) is 3. The van der Waals surface area contributed by atoms with Gasteiger partial charge in [0.2, 0.25) is 5.56 Å². The van der Waals surface area contributed by atoms with Gasteiger partial charge in [0.25, 0.3) is 0 Å². The zero-order valence-electron chi connectivity index (χ0n) is 11.0. The van der Waals surface area contributed by atoms with E-state index in [4.69, 9.17) is 0 Å². The highest BCUT2D eigenvalue weighted by Crippen LogP contribution is 2.22. The van der Waals surface area contributed by atoms with Crippen molar-refractivity contribution in [2.24, 2.45) is 0 Å². The Morgan fingerprint density at radius 3 is 2.57 bits per heavy atom. The lowest BCUT2D eigenvalue weighted by atomic mass is 10.0. The number of aromatic nitrogens is 2. The standard InChI is InChI=1S/C16H12N2O3/c19-14-7-6-12-11(9-17-15(12)18-14)8-13(16(20)21)10-4-2-1-3-5-10/h1-9H,(H,20,21)(H2,17,18,19). The fraction of sp³-hybridized carbons (Fsp3) is 0. The molecular weight excluding hydrogens is 268 g/mol. The minimum absolute atomic E-state index is 0.197. The third-order valence-electron chi connectivity index (χ3n) is 3.22. The molecule has 3 aromatic rings. The molecule has 0 fully saturated rings. The molecule has 0 atom stereocenters. The van der Waals surface area contributed by atoms with Crippen molar-refractivity contribution in [2.45, 2.75) is 0 Å². The quantitative estimate of drug-likeness (QED) is 0.644. The number of rotatable bonds is 3. The summed E-state index contributed by atoms with van der Waals surface area (Å²) in [5.74, 6) is -1.00. The zero-order valence-corrected chi connectivity index (χ0v) is 11.0. The molecule has 5 heteroatoms. The molecule has 0 amide bonds. The van der Waals surface area contributed by atoms with Gasteiger partial charge in [-0.05, 0) is 17.7 Å². The highest BCUT2D eigenvalue weighted by atomic mass is 16.4. The van der Waals surface area contributed by atoms with Gasteiger partial charge in [0.05, 0.1) is 5.57 Å². The van der Waals surface area contributed by atoms with E-state index in [0.29, 0.717) is 16.8 Å². The van der Waals surface area contributed by atoms with Crippen molar-refractivity contribution in [3.8, 4) is 0 Å². The van der Waals surface area contributed by atoms with Gasteiger partial charge >= 0.3 is 5.97 Å². The maximum Gasteiger partial charge on any atom is 0.336 e. The molecule has 0 aliphatic carbocycles. The third kappa shape index (κ3) is 2.49. The van der Waals surface area contributed by atoms with Gasteiger partial charge in [-0.25, -0.2) is 4.79 Å². The average Bonchev–Trinajstić information content (AvgIpc) is 2.87. The normalized spacial score (nSPS) is 11.7. The second-order valence-electron chi connectivity index (χ2n) is 4.58. The van der Waals surface area contributed by atoms with Gasteiger partial charge in [-0.2, -0.15) is 0 Å². The molecule has 2 heterocycles. The molecule has 21 heavy (non-hydrogen) atoms. The Hall–Kier alpha value is -3.08. The molecule has 0 aliphatic rings. The number of H-pyrrole nitrogens is 2. The van der Waals surface area contributed by atoms with Crippen LogP contribution in [-0.2, 0) is 4.79 Å². The fourth-order valence-corrected chi connectivity index (χ4v) is 2.22. The molecule has 0 saturated heterocycles. The summed E-state index contributed by atoms with van der Waals surface area (Å²) in [6.07, 6.45) is 3.27. The van der Waals surface area contributed by atoms with Gasteiger partial charge in [-0.15, -0.1) is 0 Å². The Balaban J connectivity index is 2.16. The van der Waals surface area contributed by atoms with E-state index in [2.05, 4.69) is 9.97 Å². The molecular formula is C16H12N2O3. The van der Waals surface area contributed by atoms with E-state index in [9.17, 15) is 14.7 Å². The van der Waals surface area contributed by atoms with Gasteiger partial charge in [-0.1, -0.05) is 30.3 Å². The Morgan fingerprint density at radius 1 is 1.10 bits per heavy atom. The van der Waals surface area contributed by atoms with Crippen molar-refractivity contribution in [3.63, 3.8) is 0 Å². The number of carbonyl (C=O) groups is 1. The van der Waals surface area contributed by atoms with Crippen molar-refractivity contribution in [1.29, 1.82) is 0 Å². The van der Waals surface area contributed by atoms with Gasteiger partial charge in [0, 0.05) is 23.2 Å². The molecule has 1 aromatic carbocycles. The summed E-state index contributed by atoms with van der Waals surface area (Å²) in [6, 6.07) is 12.0. The molecule has 0 aliphatic heterocycles. The Labute approximate surface area is 119 Å². The summed E-state index contributed by atoms with van der Waals surface area (Å²) in [4.78, 5) is 28.3. The van der Waals surface area contributed by atoms with Gasteiger partial charge in [0.1, 0.15) is 5.65 Å². The fourth-order valence-electron chi connectivity index (χ4n) is 2.22. The van der Waals surface area contributed by atoms with Crippen LogP contribution in [0.15, 0.2) is 53.5 Å². The molecule has 2 aromatic heterocycles. The minimum atomic E-state index is -1.00. The topological polar surface area (TPSA) is 85.9 Å². The van der Waals surface area contributed by atoms with Crippen LogP contribution in [0.25, 0.3) is 22.7 Å². The number of nitrogens with one attached hydrogen (secondary N) is 2. The zero-order chi connectivity index (χ0) is 14.8. The lowest BCUT2D eigenvalue weighted by molar-refractivity contribution is -0.130. The number of benzene rings is 1. The SMILES string of the molecule is O=C(O)C(=Cc1c[nH]c2[nH]c(=O)ccc12)c1ccccc1. The van der Waals surface area contributed by atoms with Crippen LogP contribution < -0.4 is 5.56 Å². The highest BCUT2D eigenvalue weighted by Gasteiger charge is 2.11. The predicted octanol–water partition coefficient (Wildman–Crippen LogP) is 2.48. The number of hydrogen-bond acceptors (Lipinski definition) is 2. The molecule has 5 nitrogen and oxygen atoms in total. The van der Waals surface area contributed by atoms with Crippen molar-refractivity contribution in [2.75, 3.05) is 0 Å². The maximum atomic E-state index is 11.5. The van der Waals surface area contributed by atoms with E-state index in [1.54, 1.807) is 42.6 Å². The second-order valence-corrected chi connectivity index (χ2v) is 4.58. The first-order chi connectivity index (χ1) is 10.1. The van der Waals surface area contributed by atoms with Crippen LogP contribution in [0, 0.1) is 0 Å². The second kappa shape index (κ2) is 5.13.